The molecule has 0 aliphatic rings. The lowest BCUT2D eigenvalue weighted by molar-refractivity contribution is 0.404. The van der Waals surface area contributed by atoms with Gasteiger partial charge in [-0.3, -0.25) is 0 Å². The fourth-order valence-electron chi connectivity index (χ4n) is 1.12. The Balaban J connectivity index is 0.00000144. The van der Waals surface area contributed by atoms with E-state index < -0.39 is 0 Å². The van der Waals surface area contributed by atoms with E-state index in [0.29, 0.717) is 24.3 Å². The normalized spacial score (nSPS) is 9.15. The molecule has 74 valence electrons. The first kappa shape index (κ1) is 12.2. The Bertz CT molecular complexity index is 268. The van der Waals surface area contributed by atoms with E-state index >= 15 is 0 Å². The van der Waals surface area contributed by atoms with Gasteiger partial charge in [-0.05, 0) is 25.1 Å². The molecule has 0 spiro atoms. The molecule has 0 aromatic heterocycles. The van der Waals surface area contributed by atoms with Crippen LogP contribution in [0.15, 0.2) is 18.2 Å². The van der Waals surface area contributed by atoms with Gasteiger partial charge in [0, 0.05) is 5.56 Å². The number of nitrogens with two attached hydrogens (primary N) is 1. The number of methoxy groups -OCH3 is 1. The van der Waals surface area contributed by atoms with Gasteiger partial charge in [-0.2, -0.15) is 0 Å². The quantitative estimate of drug-likeness (QED) is 0.816. The van der Waals surface area contributed by atoms with Crippen LogP contribution in [-0.4, -0.2) is 13.7 Å². The number of ether oxygens (including phenoxy) is 1. The van der Waals surface area contributed by atoms with Crippen molar-refractivity contribution in [2.75, 3.05) is 13.7 Å². The molecule has 0 atom stereocenters. The SMILES string of the molecule is COc1cccc(F)c1CCN.Cl. The minimum Gasteiger partial charge on any atom is -0.496 e. The number of hydrogen-bond donors (Lipinski definition) is 1. The Hall–Kier alpha value is -0.800. The monoisotopic (exact) mass is 205 g/mol. The van der Waals surface area contributed by atoms with E-state index in [1.807, 2.05) is 0 Å². The molecule has 4 heteroatoms. The Labute approximate surface area is 83.3 Å². The van der Waals surface area contributed by atoms with Gasteiger partial charge in [0.25, 0.3) is 0 Å². The molecule has 2 nitrogen and oxygen atoms in total. The van der Waals surface area contributed by atoms with Crippen molar-refractivity contribution in [3.8, 4) is 5.75 Å². The Morgan fingerprint density at radius 2 is 2.15 bits per heavy atom. The Kier molecular flexibility index (Phi) is 5.42. The van der Waals surface area contributed by atoms with Gasteiger partial charge in [0.1, 0.15) is 11.6 Å². The van der Waals surface area contributed by atoms with Gasteiger partial charge in [0.05, 0.1) is 7.11 Å². The number of halogens is 2. The van der Waals surface area contributed by atoms with E-state index in [0.717, 1.165) is 0 Å². The van der Waals surface area contributed by atoms with Crippen molar-refractivity contribution in [1.82, 2.24) is 0 Å². The maximum absolute atomic E-state index is 13.1. The average Bonchev–Trinajstić information content (AvgIpc) is 2.09. The van der Waals surface area contributed by atoms with Crippen LogP contribution in [0.3, 0.4) is 0 Å². The summed E-state index contributed by atoms with van der Waals surface area (Å²) in [5, 5.41) is 0. The molecule has 0 aliphatic heterocycles. The van der Waals surface area contributed by atoms with E-state index in [-0.39, 0.29) is 18.2 Å². The predicted octanol–water partition coefficient (Wildman–Crippen LogP) is 1.76. The lowest BCUT2D eigenvalue weighted by Crippen LogP contribution is -2.06. The second kappa shape index (κ2) is 5.78. The van der Waals surface area contributed by atoms with E-state index in [9.17, 15) is 4.39 Å². The van der Waals surface area contributed by atoms with Gasteiger partial charge in [-0.25, -0.2) is 4.39 Å². The molecule has 0 saturated carbocycles. The molecule has 0 aliphatic carbocycles. The molecule has 0 amide bonds. The molecule has 1 aromatic rings. The topological polar surface area (TPSA) is 35.2 Å². The van der Waals surface area contributed by atoms with E-state index in [1.165, 1.54) is 13.2 Å². The second-order valence-electron chi connectivity index (χ2n) is 2.46. The average molecular weight is 206 g/mol. The lowest BCUT2D eigenvalue weighted by Gasteiger charge is -2.07. The van der Waals surface area contributed by atoms with Crippen molar-refractivity contribution >= 4 is 12.4 Å². The van der Waals surface area contributed by atoms with Crippen LogP contribution in [0.5, 0.6) is 5.75 Å². The van der Waals surface area contributed by atoms with Crippen molar-refractivity contribution in [3.05, 3.63) is 29.6 Å². The fraction of sp³-hybridized carbons (Fsp3) is 0.333. The van der Waals surface area contributed by atoms with Gasteiger partial charge >= 0.3 is 0 Å². The minimum atomic E-state index is -0.250. The van der Waals surface area contributed by atoms with Crippen LogP contribution in [0.1, 0.15) is 5.56 Å². The number of hydrogen-bond acceptors (Lipinski definition) is 2. The van der Waals surface area contributed by atoms with Crippen LogP contribution >= 0.6 is 12.4 Å². The zero-order chi connectivity index (χ0) is 8.97. The standard InChI is InChI=1S/C9H12FNO.ClH/c1-12-9-4-2-3-8(10)7(9)5-6-11;/h2-4H,5-6,11H2,1H3;1H. The summed E-state index contributed by atoms with van der Waals surface area (Å²) in [6.45, 7) is 0.428. The summed E-state index contributed by atoms with van der Waals surface area (Å²) in [6.07, 6.45) is 0.510. The molecule has 0 radical (unpaired) electrons. The molecule has 0 heterocycles. The second-order valence-corrected chi connectivity index (χ2v) is 2.46. The Morgan fingerprint density at radius 1 is 1.46 bits per heavy atom. The molecule has 1 rings (SSSR count). The van der Waals surface area contributed by atoms with Crippen LogP contribution < -0.4 is 10.5 Å². The van der Waals surface area contributed by atoms with Crippen LogP contribution in [-0.2, 0) is 6.42 Å². The highest BCUT2D eigenvalue weighted by Gasteiger charge is 2.06. The molecular formula is C9H13ClFNO. The summed E-state index contributed by atoms with van der Waals surface area (Å²) in [5.74, 6) is 0.320. The summed E-state index contributed by atoms with van der Waals surface area (Å²) >= 11 is 0. The van der Waals surface area contributed by atoms with Crippen molar-refractivity contribution in [2.45, 2.75) is 6.42 Å². The molecule has 2 N–H and O–H groups in total. The zero-order valence-electron chi connectivity index (χ0n) is 7.42. The lowest BCUT2D eigenvalue weighted by atomic mass is 10.1. The van der Waals surface area contributed by atoms with E-state index in [4.69, 9.17) is 10.5 Å². The molecule has 0 unspecified atom stereocenters. The summed E-state index contributed by atoms with van der Waals surface area (Å²) in [7, 11) is 1.52. The minimum absolute atomic E-state index is 0. The van der Waals surface area contributed by atoms with Crippen molar-refractivity contribution < 1.29 is 9.13 Å². The molecule has 0 fully saturated rings. The smallest absolute Gasteiger partial charge is 0.130 e. The molecule has 0 saturated heterocycles. The van der Waals surface area contributed by atoms with E-state index in [2.05, 4.69) is 0 Å². The van der Waals surface area contributed by atoms with Crippen LogP contribution in [0.2, 0.25) is 0 Å². The highest BCUT2D eigenvalue weighted by Crippen LogP contribution is 2.20. The maximum Gasteiger partial charge on any atom is 0.130 e. The first-order valence-corrected chi connectivity index (χ1v) is 3.81. The van der Waals surface area contributed by atoms with Crippen molar-refractivity contribution in [1.29, 1.82) is 0 Å². The summed E-state index contributed by atoms with van der Waals surface area (Å²) in [4.78, 5) is 0. The van der Waals surface area contributed by atoms with Crippen LogP contribution in [0, 0.1) is 5.82 Å². The fourth-order valence-corrected chi connectivity index (χ4v) is 1.12. The third-order valence-corrected chi connectivity index (χ3v) is 1.69. The van der Waals surface area contributed by atoms with Crippen LogP contribution in [0.25, 0.3) is 0 Å². The number of rotatable bonds is 3. The third-order valence-electron chi connectivity index (χ3n) is 1.69. The summed E-state index contributed by atoms with van der Waals surface area (Å²) in [6, 6.07) is 4.76. The van der Waals surface area contributed by atoms with Gasteiger partial charge < -0.3 is 10.5 Å². The Morgan fingerprint density at radius 3 is 2.69 bits per heavy atom. The highest BCUT2D eigenvalue weighted by molar-refractivity contribution is 5.85. The summed E-state index contributed by atoms with van der Waals surface area (Å²) in [5.41, 5.74) is 5.89. The highest BCUT2D eigenvalue weighted by atomic mass is 35.5. The molecule has 0 bridgehead atoms. The molecule has 13 heavy (non-hydrogen) atoms. The van der Waals surface area contributed by atoms with Gasteiger partial charge in [0.15, 0.2) is 0 Å². The molecular weight excluding hydrogens is 193 g/mol. The summed E-state index contributed by atoms with van der Waals surface area (Å²) < 4.78 is 18.1. The first-order chi connectivity index (χ1) is 5.79. The third kappa shape index (κ3) is 2.86. The predicted molar refractivity (Wildman–Crippen MR) is 53.0 cm³/mol. The number of benzene rings is 1. The van der Waals surface area contributed by atoms with Crippen molar-refractivity contribution in [2.24, 2.45) is 5.73 Å². The maximum atomic E-state index is 13.1. The van der Waals surface area contributed by atoms with Gasteiger partial charge in [0.2, 0.25) is 0 Å². The molecule has 1 aromatic carbocycles. The van der Waals surface area contributed by atoms with Crippen molar-refractivity contribution in [3.63, 3.8) is 0 Å². The van der Waals surface area contributed by atoms with E-state index in [1.54, 1.807) is 12.1 Å². The largest absolute Gasteiger partial charge is 0.496 e. The van der Waals surface area contributed by atoms with Crippen LogP contribution in [0.4, 0.5) is 4.39 Å². The van der Waals surface area contributed by atoms with Gasteiger partial charge in [-0.15, -0.1) is 12.4 Å². The zero-order valence-corrected chi connectivity index (χ0v) is 8.23. The first-order valence-electron chi connectivity index (χ1n) is 3.81. The van der Waals surface area contributed by atoms with Gasteiger partial charge in [-0.1, -0.05) is 6.07 Å².